The molecule has 0 saturated heterocycles. The number of rotatable bonds is 3. The molecule has 0 aliphatic rings. The summed E-state index contributed by atoms with van der Waals surface area (Å²) in [5, 5.41) is 0. The lowest BCUT2D eigenvalue weighted by molar-refractivity contribution is 0.101. The van der Waals surface area contributed by atoms with Gasteiger partial charge in [0.2, 0.25) is 0 Å². The van der Waals surface area contributed by atoms with Crippen molar-refractivity contribution in [2.24, 2.45) is 0 Å². The lowest BCUT2D eigenvalue weighted by Crippen LogP contribution is -1.92. The molecule has 0 heterocycles. The zero-order chi connectivity index (χ0) is 10.6. The second kappa shape index (κ2) is 4.61. The molecule has 2 nitrogen and oxygen atoms in total. The van der Waals surface area contributed by atoms with Crippen LogP contribution in [0.5, 0.6) is 5.75 Å². The van der Waals surface area contributed by atoms with Crippen molar-refractivity contribution >= 4 is 5.78 Å². The highest BCUT2D eigenvalue weighted by atomic mass is 16.5. The molecular weight excluding hydrogens is 176 g/mol. The molecule has 2 heteroatoms. The first-order valence-corrected chi connectivity index (χ1v) is 4.50. The largest absolute Gasteiger partial charge is 0.465 e. The van der Waals surface area contributed by atoms with Gasteiger partial charge in [0.1, 0.15) is 5.75 Å². The SMILES string of the molecule is CC(=O)c1cccc(OC=C(C)C)c1. The van der Waals surface area contributed by atoms with Gasteiger partial charge in [0.25, 0.3) is 0 Å². The smallest absolute Gasteiger partial charge is 0.159 e. The third-order valence-electron chi connectivity index (χ3n) is 1.67. The van der Waals surface area contributed by atoms with Gasteiger partial charge in [0.15, 0.2) is 5.78 Å². The van der Waals surface area contributed by atoms with Crippen molar-refractivity contribution in [3.8, 4) is 5.75 Å². The van der Waals surface area contributed by atoms with Crippen molar-refractivity contribution in [3.05, 3.63) is 41.7 Å². The third kappa shape index (κ3) is 3.05. The minimum Gasteiger partial charge on any atom is -0.465 e. The first-order chi connectivity index (χ1) is 6.59. The maximum atomic E-state index is 11.1. The standard InChI is InChI=1S/C12H14O2/c1-9(2)8-14-12-6-4-5-11(7-12)10(3)13/h4-8H,1-3H3. The predicted molar refractivity (Wildman–Crippen MR) is 56.5 cm³/mol. The lowest BCUT2D eigenvalue weighted by Gasteiger charge is -2.02. The quantitative estimate of drug-likeness (QED) is 0.540. The van der Waals surface area contributed by atoms with E-state index in [1.54, 1.807) is 25.3 Å². The molecule has 0 bridgehead atoms. The molecule has 0 unspecified atom stereocenters. The molecule has 0 aromatic heterocycles. The van der Waals surface area contributed by atoms with Crippen molar-refractivity contribution in [2.45, 2.75) is 20.8 Å². The van der Waals surface area contributed by atoms with Gasteiger partial charge >= 0.3 is 0 Å². The van der Waals surface area contributed by atoms with E-state index in [0.29, 0.717) is 11.3 Å². The van der Waals surface area contributed by atoms with E-state index in [1.165, 1.54) is 0 Å². The Kier molecular flexibility index (Phi) is 3.46. The minimum atomic E-state index is 0.0488. The molecular formula is C12H14O2. The Balaban J connectivity index is 2.84. The van der Waals surface area contributed by atoms with Gasteiger partial charge in [-0.3, -0.25) is 4.79 Å². The fourth-order valence-corrected chi connectivity index (χ4v) is 0.974. The van der Waals surface area contributed by atoms with Gasteiger partial charge in [0, 0.05) is 5.56 Å². The van der Waals surface area contributed by atoms with Crippen molar-refractivity contribution in [2.75, 3.05) is 0 Å². The maximum Gasteiger partial charge on any atom is 0.159 e. The number of hydrogen-bond donors (Lipinski definition) is 0. The second-order valence-electron chi connectivity index (χ2n) is 3.40. The summed E-state index contributed by atoms with van der Waals surface area (Å²) < 4.78 is 5.34. The van der Waals surface area contributed by atoms with Crippen LogP contribution in [-0.4, -0.2) is 5.78 Å². The summed E-state index contributed by atoms with van der Waals surface area (Å²) >= 11 is 0. The van der Waals surface area contributed by atoms with Crippen LogP contribution in [0.15, 0.2) is 36.1 Å². The van der Waals surface area contributed by atoms with Gasteiger partial charge in [-0.25, -0.2) is 0 Å². The molecule has 0 saturated carbocycles. The highest BCUT2D eigenvalue weighted by Crippen LogP contribution is 2.14. The molecule has 0 aliphatic carbocycles. The number of ketones is 1. The number of ether oxygens (including phenoxy) is 1. The van der Waals surface area contributed by atoms with Gasteiger partial charge < -0.3 is 4.74 Å². The Labute approximate surface area is 84.2 Å². The Hall–Kier alpha value is -1.57. The Morgan fingerprint density at radius 1 is 1.29 bits per heavy atom. The van der Waals surface area contributed by atoms with E-state index >= 15 is 0 Å². The Morgan fingerprint density at radius 2 is 2.00 bits per heavy atom. The topological polar surface area (TPSA) is 26.3 Å². The fraction of sp³-hybridized carbons (Fsp3) is 0.250. The summed E-state index contributed by atoms with van der Waals surface area (Å²) in [7, 11) is 0. The number of benzene rings is 1. The van der Waals surface area contributed by atoms with Crippen molar-refractivity contribution < 1.29 is 9.53 Å². The first-order valence-electron chi connectivity index (χ1n) is 4.50. The van der Waals surface area contributed by atoms with Gasteiger partial charge in [0.05, 0.1) is 6.26 Å². The van der Waals surface area contributed by atoms with Gasteiger partial charge in [-0.1, -0.05) is 12.1 Å². The molecule has 1 rings (SSSR count). The Bertz CT molecular complexity index is 360. The average Bonchev–Trinajstić information content (AvgIpc) is 2.15. The van der Waals surface area contributed by atoms with Crippen LogP contribution in [0, 0.1) is 0 Å². The monoisotopic (exact) mass is 190 g/mol. The van der Waals surface area contributed by atoms with Crippen LogP contribution in [0.1, 0.15) is 31.1 Å². The van der Waals surface area contributed by atoms with E-state index in [9.17, 15) is 4.79 Å². The van der Waals surface area contributed by atoms with Crippen LogP contribution in [0.25, 0.3) is 0 Å². The zero-order valence-corrected chi connectivity index (χ0v) is 8.70. The third-order valence-corrected chi connectivity index (χ3v) is 1.67. The van der Waals surface area contributed by atoms with Gasteiger partial charge in [-0.2, -0.15) is 0 Å². The minimum absolute atomic E-state index is 0.0488. The molecule has 74 valence electrons. The van der Waals surface area contributed by atoms with Crippen LogP contribution >= 0.6 is 0 Å². The average molecular weight is 190 g/mol. The van der Waals surface area contributed by atoms with E-state index in [1.807, 2.05) is 26.0 Å². The molecule has 0 spiro atoms. The highest BCUT2D eigenvalue weighted by molar-refractivity contribution is 5.94. The van der Waals surface area contributed by atoms with E-state index in [2.05, 4.69) is 0 Å². The number of Topliss-reactive ketones (excluding diaryl/α,β-unsaturated/α-hetero) is 1. The lowest BCUT2D eigenvalue weighted by atomic mass is 10.1. The Morgan fingerprint density at radius 3 is 2.57 bits per heavy atom. The molecule has 0 fully saturated rings. The van der Waals surface area contributed by atoms with Crippen molar-refractivity contribution in [1.82, 2.24) is 0 Å². The number of carbonyl (C=O) groups excluding carboxylic acids is 1. The van der Waals surface area contributed by atoms with Crippen molar-refractivity contribution in [3.63, 3.8) is 0 Å². The molecule has 1 aromatic rings. The summed E-state index contributed by atoms with van der Waals surface area (Å²) in [5.41, 5.74) is 1.75. The summed E-state index contributed by atoms with van der Waals surface area (Å²) in [6, 6.07) is 7.15. The summed E-state index contributed by atoms with van der Waals surface area (Å²) in [6.07, 6.45) is 1.67. The molecule has 0 amide bonds. The van der Waals surface area contributed by atoms with Gasteiger partial charge in [-0.15, -0.1) is 0 Å². The van der Waals surface area contributed by atoms with E-state index in [-0.39, 0.29) is 5.78 Å². The molecule has 0 N–H and O–H groups in total. The second-order valence-corrected chi connectivity index (χ2v) is 3.40. The van der Waals surface area contributed by atoms with Crippen LogP contribution in [-0.2, 0) is 0 Å². The first kappa shape index (κ1) is 10.5. The number of allylic oxidation sites excluding steroid dienone is 1. The van der Waals surface area contributed by atoms with Gasteiger partial charge in [-0.05, 0) is 38.5 Å². The molecule has 0 aliphatic heterocycles. The predicted octanol–water partition coefficient (Wildman–Crippen LogP) is 3.19. The maximum absolute atomic E-state index is 11.1. The molecule has 1 aromatic carbocycles. The van der Waals surface area contributed by atoms with Crippen LogP contribution in [0.2, 0.25) is 0 Å². The molecule has 0 radical (unpaired) electrons. The normalized spacial score (nSPS) is 9.36. The number of hydrogen-bond acceptors (Lipinski definition) is 2. The molecule has 14 heavy (non-hydrogen) atoms. The van der Waals surface area contributed by atoms with Crippen LogP contribution in [0.3, 0.4) is 0 Å². The van der Waals surface area contributed by atoms with E-state index in [0.717, 1.165) is 5.57 Å². The molecule has 0 atom stereocenters. The highest BCUT2D eigenvalue weighted by Gasteiger charge is 1.99. The van der Waals surface area contributed by atoms with E-state index in [4.69, 9.17) is 4.74 Å². The summed E-state index contributed by atoms with van der Waals surface area (Å²) in [6.45, 7) is 5.45. The van der Waals surface area contributed by atoms with Crippen LogP contribution < -0.4 is 4.74 Å². The summed E-state index contributed by atoms with van der Waals surface area (Å²) in [5.74, 6) is 0.742. The zero-order valence-electron chi connectivity index (χ0n) is 8.70. The summed E-state index contributed by atoms with van der Waals surface area (Å²) in [4.78, 5) is 11.1. The fourth-order valence-electron chi connectivity index (χ4n) is 0.974. The van der Waals surface area contributed by atoms with Crippen molar-refractivity contribution in [1.29, 1.82) is 0 Å². The van der Waals surface area contributed by atoms with Crippen LogP contribution in [0.4, 0.5) is 0 Å². The van der Waals surface area contributed by atoms with E-state index < -0.39 is 0 Å². The number of carbonyl (C=O) groups is 1.